The molecule has 0 aromatic rings. The Hall–Kier alpha value is -1.80. The molecule has 0 aromatic carbocycles. The number of carbonyl (C=O) groups is 3. The third-order valence-electron chi connectivity index (χ3n) is 5.84. The standard InChI is InChI=1S/C17H21F3O6/c1-4-6(2)14(21)25-12-8-5-9-11(16(23)26-13(9)12)10(8)15(22)24-7(3)17(18,19)20/h6-13H,4-5H2,1-3H3. The molecule has 2 bridgehead atoms. The summed E-state index contributed by atoms with van der Waals surface area (Å²) in [6.07, 6.45) is -7.46. The van der Waals surface area contributed by atoms with Gasteiger partial charge in [-0.1, -0.05) is 13.8 Å². The number of ether oxygens (including phenoxy) is 3. The van der Waals surface area contributed by atoms with Gasteiger partial charge in [0.1, 0.15) is 12.2 Å². The summed E-state index contributed by atoms with van der Waals surface area (Å²) in [5.74, 6) is -5.36. The minimum Gasteiger partial charge on any atom is -0.458 e. The number of carbonyl (C=O) groups excluding carboxylic acids is 3. The van der Waals surface area contributed by atoms with Crippen LogP contribution in [-0.4, -0.2) is 42.4 Å². The second-order valence-corrected chi connectivity index (χ2v) is 7.35. The Morgan fingerprint density at radius 3 is 2.50 bits per heavy atom. The SMILES string of the molecule is CCC(C)C(=O)OC1C2CC3C1OC(=O)C3C2C(=O)OC(C)C(F)(F)F. The van der Waals surface area contributed by atoms with Crippen LogP contribution in [0, 0.1) is 29.6 Å². The van der Waals surface area contributed by atoms with Crippen molar-refractivity contribution in [2.24, 2.45) is 29.6 Å². The first kappa shape index (κ1) is 19.0. The average molecular weight is 378 g/mol. The Bertz CT molecular complexity index is 618. The normalized spacial score (nSPS) is 37.2. The number of fused-ring (bicyclic) bond motifs is 1. The van der Waals surface area contributed by atoms with Crippen LogP contribution in [0.1, 0.15) is 33.6 Å². The number of esters is 3. The minimum atomic E-state index is -4.69. The lowest BCUT2D eigenvalue weighted by atomic mass is 9.78. The van der Waals surface area contributed by atoms with E-state index in [-0.39, 0.29) is 11.8 Å². The quantitative estimate of drug-likeness (QED) is 0.539. The summed E-state index contributed by atoms with van der Waals surface area (Å²) in [4.78, 5) is 36.6. The maximum absolute atomic E-state index is 12.7. The molecule has 26 heavy (non-hydrogen) atoms. The highest BCUT2D eigenvalue weighted by Crippen LogP contribution is 2.59. The Balaban J connectivity index is 1.78. The summed E-state index contributed by atoms with van der Waals surface area (Å²) in [6.45, 7) is 4.24. The monoisotopic (exact) mass is 378 g/mol. The van der Waals surface area contributed by atoms with Crippen LogP contribution >= 0.6 is 0 Å². The smallest absolute Gasteiger partial charge is 0.425 e. The highest BCUT2D eigenvalue weighted by atomic mass is 19.4. The number of hydrogen-bond acceptors (Lipinski definition) is 6. The molecule has 146 valence electrons. The summed E-state index contributed by atoms with van der Waals surface area (Å²) in [6, 6.07) is 0. The van der Waals surface area contributed by atoms with Crippen molar-refractivity contribution >= 4 is 17.9 Å². The Labute approximate surface area is 148 Å². The van der Waals surface area contributed by atoms with Crippen LogP contribution in [0.3, 0.4) is 0 Å². The summed E-state index contributed by atoms with van der Waals surface area (Å²) < 4.78 is 53.4. The van der Waals surface area contributed by atoms with Crippen LogP contribution in [0.15, 0.2) is 0 Å². The summed E-state index contributed by atoms with van der Waals surface area (Å²) in [5, 5.41) is 0. The molecule has 1 aliphatic heterocycles. The first-order chi connectivity index (χ1) is 12.1. The second kappa shape index (κ2) is 6.42. The van der Waals surface area contributed by atoms with Gasteiger partial charge in [-0.05, 0) is 19.8 Å². The Morgan fingerprint density at radius 2 is 1.92 bits per heavy atom. The largest absolute Gasteiger partial charge is 0.458 e. The molecule has 0 radical (unpaired) electrons. The maximum atomic E-state index is 12.7. The van der Waals surface area contributed by atoms with Gasteiger partial charge in [-0.2, -0.15) is 13.2 Å². The lowest BCUT2D eigenvalue weighted by Crippen LogP contribution is -2.45. The molecule has 3 rings (SSSR count). The van der Waals surface area contributed by atoms with Gasteiger partial charge in [0.05, 0.1) is 17.8 Å². The predicted octanol–water partition coefficient (Wildman–Crippen LogP) is 2.25. The number of halogens is 3. The molecule has 0 N–H and O–H groups in total. The van der Waals surface area contributed by atoms with E-state index in [4.69, 9.17) is 9.47 Å². The molecule has 3 fully saturated rings. The Kier molecular flexibility index (Phi) is 4.69. The van der Waals surface area contributed by atoms with Crippen molar-refractivity contribution in [3.8, 4) is 0 Å². The lowest BCUT2D eigenvalue weighted by Gasteiger charge is -2.31. The van der Waals surface area contributed by atoms with Gasteiger partial charge in [-0.3, -0.25) is 14.4 Å². The van der Waals surface area contributed by atoms with Gasteiger partial charge >= 0.3 is 24.1 Å². The van der Waals surface area contributed by atoms with Gasteiger partial charge in [0.25, 0.3) is 0 Å². The molecule has 1 saturated heterocycles. The summed E-state index contributed by atoms with van der Waals surface area (Å²) >= 11 is 0. The van der Waals surface area contributed by atoms with Crippen molar-refractivity contribution in [2.75, 3.05) is 0 Å². The molecule has 6 nitrogen and oxygen atoms in total. The molecular weight excluding hydrogens is 357 g/mol. The van der Waals surface area contributed by atoms with Gasteiger partial charge in [-0.15, -0.1) is 0 Å². The van der Waals surface area contributed by atoms with Gasteiger partial charge in [0.15, 0.2) is 6.10 Å². The van der Waals surface area contributed by atoms with E-state index in [2.05, 4.69) is 4.74 Å². The molecule has 8 unspecified atom stereocenters. The van der Waals surface area contributed by atoms with E-state index < -0.39 is 60.1 Å². The maximum Gasteiger partial charge on any atom is 0.425 e. The van der Waals surface area contributed by atoms with Crippen LogP contribution in [-0.2, 0) is 28.6 Å². The highest BCUT2D eigenvalue weighted by Gasteiger charge is 2.70. The van der Waals surface area contributed by atoms with Crippen molar-refractivity contribution in [3.63, 3.8) is 0 Å². The van der Waals surface area contributed by atoms with E-state index in [1.165, 1.54) is 0 Å². The fourth-order valence-electron chi connectivity index (χ4n) is 4.21. The predicted molar refractivity (Wildman–Crippen MR) is 79.4 cm³/mol. The fraction of sp³-hybridized carbons (Fsp3) is 0.824. The van der Waals surface area contributed by atoms with E-state index in [9.17, 15) is 27.6 Å². The van der Waals surface area contributed by atoms with Crippen molar-refractivity contribution in [1.29, 1.82) is 0 Å². The van der Waals surface area contributed by atoms with E-state index in [1.54, 1.807) is 6.92 Å². The number of hydrogen-bond donors (Lipinski definition) is 0. The first-order valence-corrected chi connectivity index (χ1v) is 8.74. The minimum absolute atomic E-state index is 0.332. The van der Waals surface area contributed by atoms with Crippen LogP contribution in [0.4, 0.5) is 13.2 Å². The zero-order valence-corrected chi connectivity index (χ0v) is 14.6. The molecule has 0 aromatic heterocycles. The van der Waals surface area contributed by atoms with Crippen LogP contribution < -0.4 is 0 Å². The topological polar surface area (TPSA) is 78.9 Å². The molecule has 8 atom stereocenters. The van der Waals surface area contributed by atoms with Crippen LogP contribution in [0.5, 0.6) is 0 Å². The van der Waals surface area contributed by atoms with Crippen molar-refractivity contribution in [1.82, 2.24) is 0 Å². The van der Waals surface area contributed by atoms with E-state index in [0.29, 0.717) is 12.8 Å². The molecule has 2 aliphatic carbocycles. The molecule has 0 amide bonds. The average Bonchev–Trinajstić information content (AvgIpc) is 3.16. The zero-order chi connectivity index (χ0) is 19.4. The summed E-state index contributed by atoms with van der Waals surface area (Å²) in [7, 11) is 0. The molecule has 1 heterocycles. The van der Waals surface area contributed by atoms with E-state index in [1.807, 2.05) is 6.92 Å². The fourth-order valence-corrected chi connectivity index (χ4v) is 4.21. The molecular formula is C17H21F3O6. The number of rotatable bonds is 5. The van der Waals surface area contributed by atoms with Crippen molar-refractivity contribution in [2.45, 2.75) is 58.1 Å². The van der Waals surface area contributed by atoms with Gasteiger partial charge in [0, 0.05) is 11.8 Å². The van der Waals surface area contributed by atoms with Crippen LogP contribution in [0.25, 0.3) is 0 Å². The third-order valence-corrected chi connectivity index (χ3v) is 5.84. The first-order valence-electron chi connectivity index (χ1n) is 8.74. The zero-order valence-electron chi connectivity index (χ0n) is 14.6. The van der Waals surface area contributed by atoms with Crippen molar-refractivity contribution in [3.05, 3.63) is 0 Å². The highest BCUT2D eigenvalue weighted by molar-refractivity contribution is 5.86. The van der Waals surface area contributed by atoms with Crippen LogP contribution in [0.2, 0.25) is 0 Å². The molecule has 3 aliphatic rings. The van der Waals surface area contributed by atoms with Gasteiger partial charge in [-0.25, -0.2) is 0 Å². The van der Waals surface area contributed by atoms with Gasteiger partial charge < -0.3 is 14.2 Å². The number of alkyl halides is 3. The van der Waals surface area contributed by atoms with Gasteiger partial charge in [0.2, 0.25) is 0 Å². The Morgan fingerprint density at radius 1 is 1.27 bits per heavy atom. The molecule has 0 spiro atoms. The van der Waals surface area contributed by atoms with E-state index in [0.717, 1.165) is 6.92 Å². The summed E-state index contributed by atoms with van der Waals surface area (Å²) in [5.41, 5.74) is 0. The molecule has 9 heteroatoms. The lowest BCUT2D eigenvalue weighted by molar-refractivity contribution is -0.220. The third kappa shape index (κ3) is 2.95. The second-order valence-electron chi connectivity index (χ2n) is 7.35. The molecule has 2 saturated carbocycles. The van der Waals surface area contributed by atoms with Crippen molar-refractivity contribution < 1.29 is 41.8 Å². The van der Waals surface area contributed by atoms with E-state index >= 15 is 0 Å².